The lowest BCUT2D eigenvalue weighted by molar-refractivity contribution is -0.142. The van der Waals surface area contributed by atoms with E-state index in [0.29, 0.717) is 40.5 Å². The number of carboxylic acids is 1. The van der Waals surface area contributed by atoms with Crippen molar-refractivity contribution in [1.82, 2.24) is 20.2 Å². The van der Waals surface area contributed by atoms with Crippen LogP contribution in [0.5, 0.6) is 17.2 Å². The molecule has 2 aliphatic heterocycles. The van der Waals surface area contributed by atoms with E-state index in [1.54, 1.807) is 20.0 Å². The van der Waals surface area contributed by atoms with E-state index in [0.717, 1.165) is 50.2 Å². The predicted octanol–water partition coefficient (Wildman–Crippen LogP) is 8.09. The number of hydrogen-bond acceptors (Lipinski definition) is 9. The third-order valence-corrected chi connectivity index (χ3v) is 11.5. The molecule has 3 atom stereocenters. The average molecular weight is 827 g/mol. The number of hydrogen-bond donors (Lipinski definition) is 2. The summed E-state index contributed by atoms with van der Waals surface area (Å²) in [5, 5.41) is 13.7. The second-order valence-corrected chi connectivity index (χ2v) is 15.5. The highest BCUT2D eigenvalue weighted by atomic mass is 35.5. The molecule has 8 rings (SSSR count). The number of nitrogens with zero attached hydrogens (tertiary/aromatic N) is 3. The lowest BCUT2D eigenvalue weighted by Gasteiger charge is -2.37. The summed E-state index contributed by atoms with van der Waals surface area (Å²) in [6.45, 7) is 7.86. The number of aliphatic carboxylic acids is 1. The molecule has 0 bridgehead atoms. The van der Waals surface area contributed by atoms with Crippen molar-refractivity contribution in [1.29, 1.82) is 0 Å². The summed E-state index contributed by atoms with van der Waals surface area (Å²) in [7, 11) is 0. The SMILES string of the molecule is Cc1nc(C(=O)N2Cc3cc4c(cc3C[C@H]2C(=O)NC(Cc2ccc(-c3ccnc(C)c3C)cc2)C(=O)O)OC[C@H](c2ccc(OCc3ccccc3Cl)cc2)O4)c(C)o1. The highest BCUT2D eigenvalue weighted by Gasteiger charge is 2.39. The second-order valence-electron chi connectivity index (χ2n) is 15.1. The maximum atomic E-state index is 14.2. The number of pyridine rings is 1. The maximum Gasteiger partial charge on any atom is 0.326 e. The van der Waals surface area contributed by atoms with Gasteiger partial charge in [0.1, 0.15) is 36.8 Å². The van der Waals surface area contributed by atoms with Crippen LogP contribution in [0, 0.1) is 27.7 Å². The molecule has 0 saturated carbocycles. The van der Waals surface area contributed by atoms with Gasteiger partial charge in [0.2, 0.25) is 5.91 Å². The molecule has 306 valence electrons. The number of benzene rings is 4. The van der Waals surface area contributed by atoms with E-state index in [-0.39, 0.29) is 31.7 Å². The monoisotopic (exact) mass is 826 g/mol. The Labute approximate surface area is 352 Å². The zero-order valence-electron chi connectivity index (χ0n) is 33.5. The molecule has 0 spiro atoms. The largest absolute Gasteiger partial charge is 0.489 e. The summed E-state index contributed by atoms with van der Waals surface area (Å²) in [6.07, 6.45) is 1.48. The molecule has 12 nitrogen and oxygen atoms in total. The molecule has 2 N–H and O–H groups in total. The number of aryl methyl sites for hydroxylation is 3. The third kappa shape index (κ3) is 8.42. The number of oxazole rings is 1. The molecule has 0 fully saturated rings. The minimum absolute atomic E-state index is 0.0312. The predicted molar refractivity (Wildman–Crippen MR) is 223 cm³/mol. The van der Waals surface area contributed by atoms with Crippen molar-refractivity contribution < 1.29 is 38.1 Å². The first kappa shape index (κ1) is 40.1. The van der Waals surface area contributed by atoms with Crippen LogP contribution in [0.3, 0.4) is 0 Å². The molecule has 6 aromatic rings. The number of rotatable bonds is 11. The number of amides is 2. The maximum absolute atomic E-state index is 14.2. The van der Waals surface area contributed by atoms with Gasteiger partial charge in [0.25, 0.3) is 5.91 Å². The van der Waals surface area contributed by atoms with Crippen molar-refractivity contribution in [3.8, 4) is 28.4 Å². The van der Waals surface area contributed by atoms with Crippen LogP contribution in [0.15, 0.2) is 102 Å². The topological polar surface area (TPSA) is 153 Å². The Balaban J connectivity index is 0.999. The average Bonchev–Trinajstić information content (AvgIpc) is 3.59. The molecule has 13 heteroatoms. The van der Waals surface area contributed by atoms with Crippen molar-refractivity contribution in [2.45, 2.75) is 71.9 Å². The zero-order valence-corrected chi connectivity index (χ0v) is 34.3. The number of carbonyl (C=O) groups excluding carboxylic acids is 2. The molecular formula is C47H43ClN4O8. The fourth-order valence-corrected chi connectivity index (χ4v) is 7.85. The van der Waals surface area contributed by atoms with Crippen molar-refractivity contribution in [2.24, 2.45) is 0 Å². The van der Waals surface area contributed by atoms with Gasteiger partial charge in [-0.15, -0.1) is 0 Å². The molecule has 2 aromatic heterocycles. The first-order chi connectivity index (χ1) is 28.9. The van der Waals surface area contributed by atoms with Gasteiger partial charge in [-0.2, -0.15) is 0 Å². The van der Waals surface area contributed by atoms with Gasteiger partial charge in [0.05, 0.1) is 0 Å². The van der Waals surface area contributed by atoms with Gasteiger partial charge in [-0.1, -0.05) is 66.2 Å². The second kappa shape index (κ2) is 16.9. The number of ether oxygens (including phenoxy) is 3. The number of fused-ring (bicyclic) bond motifs is 2. The highest BCUT2D eigenvalue weighted by molar-refractivity contribution is 6.31. The van der Waals surface area contributed by atoms with Crippen LogP contribution in [-0.2, 0) is 35.6 Å². The van der Waals surface area contributed by atoms with Crippen LogP contribution < -0.4 is 19.5 Å². The van der Waals surface area contributed by atoms with E-state index in [2.05, 4.69) is 15.3 Å². The Bertz CT molecular complexity index is 2590. The van der Waals surface area contributed by atoms with E-state index in [9.17, 15) is 19.5 Å². The summed E-state index contributed by atoms with van der Waals surface area (Å²) >= 11 is 6.28. The van der Waals surface area contributed by atoms with Gasteiger partial charge in [-0.05, 0) is 96.1 Å². The van der Waals surface area contributed by atoms with Crippen molar-refractivity contribution >= 4 is 29.4 Å². The summed E-state index contributed by atoms with van der Waals surface area (Å²) in [5.41, 5.74) is 8.13. The molecule has 4 aromatic carbocycles. The van der Waals surface area contributed by atoms with Gasteiger partial charge in [0.15, 0.2) is 29.2 Å². The van der Waals surface area contributed by atoms with E-state index in [1.807, 2.05) is 105 Å². The van der Waals surface area contributed by atoms with Gasteiger partial charge >= 0.3 is 5.97 Å². The molecule has 2 amide bonds. The smallest absolute Gasteiger partial charge is 0.326 e. The van der Waals surface area contributed by atoms with Gasteiger partial charge in [-0.25, -0.2) is 9.78 Å². The molecular weight excluding hydrogens is 784 g/mol. The fourth-order valence-electron chi connectivity index (χ4n) is 7.66. The summed E-state index contributed by atoms with van der Waals surface area (Å²) in [6, 6.07) is 26.0. The first-order valence-electron chi connectivity index (χ1n) is 19.6. The van der Waals surface area contributed by atoms with Crippen LogP contribution >= 0.6 is 11.6 Å². The van der Waals surface area contributed by atoms with Crippen LogP contribution in [0.25, 0.3) is 11.1 Å². The Morgan fingerprint density at radius 2 is 1.70 bits per heavy atom. The lowest BCUT2D eigenvalue weighted by atomic mass is 9.91. The molecule has 60 heavy (non-hydrogen) atoms. The Morgan fingerprint density at radius 1 is 0.950 bits per heavy atom. The van der Waals surface area contributed by atoms with Crippen LogP contribution in [0.1, 0.15) is 67.3 Å². The van der Waals surface area contributed by atoms with E-state index >= 15 is 0 Å². The molecule has 1 unspecified atom stereocenters. The summed E-state index contributed by atoms with van der Waals surface area (Å²) in [4.78, 5) is 51.1. The standard InChI is InChI=1S/C47H43ClN4O8/c1-26-27(2)49-18-17-37(26)31-11-9-30(10-12-31)19-39(47(55)56)51-45(53)40-20-34-21-41-42(22-35(34)23-52(40)46(54)44-28(3)59-29(4)50-44)60-43(25-58-41)32-13-15-36(16-14-32)57-24-33-7-5-6-8-38(33)48/h5-18,21-22,39-40,43H,19-20,23-25H2,1-4H3,(H,51,53)(H,55,56)/t39?,40-,43+/m0/s1. The van der Waals surface area contributed by atoms with Gasteiger partial charge < -0.3 is 34.0 Å². The number of halogens is 1. The molecule has 2 aliphatic rings. The van der Waals surface area contributed by atoms with Crippen LogP contribution in [0.4, 0.5) is 0 Å². The van der Waals surface area contributed by atoms with Crippen LogP contribution in [0.2, 0.25) is 5.02 Å². The minimum Gasteiger partial charge on any atom is -0.489 e. The van der Waals surface area contributed by atoms with E-state index < -0.39 is 36.0 Å². The Hall–Kier alpha value is -6.66. The number of aromatic nitrogens is 2. The van der Waals surface area contributed by atoms with Crippen molar-refractivity contribution in [2.75, 3.05) is 6.61 Å². The quantitative estimate of drug-likeness (QED) is 0.131. The molecule has 0 aliphatic carbocycles. The lowest BCUT2D eigenvalue weighted by Crippen LogP contribution is -2.56. The van der Waals surface area contributed by atoms with Gasteiger partial charge in [0, 0.05) is 48.8 Å². The van der Waals surface area contributed by atoms with Crippen LogP contribution in [-0.4, -0.2) is 56.4 Å². The number of carboxylic acid groups (broad SMARTS) is 1. The summed E-state index contributed by atoms with van der Waals surface area (Å²) in [5.74, 6) is 0.00850. The number of carbonyl (C=O) groups is 3. The molecule has 4 heterocycles. The van der Waals surface area contributed by atoms with E-state index in [1.165, 1.54) is 4.90 Å². The third-order valence-electron chi connectivity index (χ3n) is 11.1. The highest BCUT2D eigenvalue weighted by Crippen LogP contribution is 2.41. The molecule has 0 saturated heterocycles. The molecule has 0 radical (unpaired) electrons. The normalized spacial score (nSPS) is 16.1. The first-order valence-corrected chi connectivity index (χ1v) is 20.0. The Kier molecular flexibility index (Phi) is 11.3. The minimum atomic E-state index is -1.26. The Morgan fingerprint density at radius 3 is 2.42 bits per heavy atom. The van der Waals surface area contributed by atoms with Crippen molar-refractivity contribution in [3.63, 3.8) is 0 Å². The fraction of sp³-hybridized carbons (Fsp3) is 0.255. The zero-order chi connectivity index (χ0) is 42.1. The van der Waals surface area contributed by atoms with Crippen molar-refractivity contribution in [3.05, 3.63) is 159 Å². The summed E-state index contributed by atoms with van der Waals surface area (Å²) < 4.78 is 24.2. The van der Waals surface area contributed by atoms with E-state index in [4.69, 9.17) is 30.2 Å². The van der Waals surface area contributed by atoms with Gasteiger partial charge in [-0.3, -0.25) is 14.6 Å². The number of nitrogens with one attached hydrogen (secondary N) is 1.